The van der Waals surface area contributed by atoms with Crippen LogP contribution in [0.25, 0.3) is 22.2 Å². The van der Waals surface area contributed by atoms with Gasteiger partial charge < -0.3 is 0 Å². The average Bonchev–Trinajstić information content (AvgIpc) is 2.38. The number of nitrogens with zero attached hydrogens (tertiary/aromatic N) is 2. The van der Waals surface area contributed by atoms with E-state index in [4.69, 9.17) is 11.6 Å². The Morgan fingerprint density at radius 1 is 0.824 bits per heavy atom. The van der Waals surface area contributed by atoms with Gasteiger partial charge in [0.1, 0.15) is 0 Å². The average molecular weight is 241 g/mol. The topological polar surface area (TPSA) is 25.8 Å². The molecule has 0 bridgehead atoms. The van der Waals surface area contributed by atoms with Crippen LogP contribution in [0.2, 0.25) is 5.02 Å². The van der Waals surface area contributed by atoms with Crippen LogP contribution in [0, 0.1) is 0 Å². The summed E-state index contributed by atoms with van der Waals surface area (Å²) in [7, 11) is 0. The van der Waals surface area contributed by atoms with E-state index < -0.39 is 0 Å². The molecular formula is C14H9ClN2. The zero-order valence-corrected chi connectivity index (χ0v) is 9.72. The van der Waals surface area contributed by atoms with Crippen molar-refractivity contribution in [3.8, 4) is 11.3 Å². The maximum Gasteiger partial charge on any atom is 0.0936 e. The molecule has 0 radical (unpaired) electrons. The third-order valence-corrected chi connectivity index (χ3v) is 2.85. The molecule has 0 N–H and O–H groups in total. The second kappa shape index (κ2) is 4.15. The number of benzene rings is 2. The lowest BCUT2D eigenvalue weighted by atomic mass is 10.1. The van der Waals surface area contributed by atoms with Crippen LogP contribution in [0.4, 0.5) is 0 Å². The second-order valence-electron chi connectivity index (χ2n) is 3.80. The maximum atomic E-state index is 5.96. The molecule has 0 saturated carbocycles. The van der Waals surface area contributed by atoms with Crippen molar-refractivity contribution in [2.45, 2.75) is 0 Å². The largest absolute Gasteiger partial charge is 0.150 e. The molecule has 17 heavy (non-hydrogen) atoms. The first kappa shape index (κ1) is 10.2. The molecule has 1 aromatic heterocycles. The Morgan fingerprint density at radius 2 is 1.71 bits per heavy atom. The van der Waals surface area contributed by atoms with Crippen molar-refractivity contribution in [1.29, 1.82) is 0 Å². The predicted octanol–water partition coefficient (Wildman–Crippen LogP) is 3.95. The normalized spacial score (nSPS) is 10.6. The fraction of sp³-hybridized carbons (Fsp3) is 0. The highest BCUT2D eigenvalue weighted by molar-refractivity contribution is 6.30. The lowest BCUT2D eigenvalue weighted by Crippen LogP contribution is -1.88. The van der Waals surface area contributed by atoms with Crippen LogP contribution in [0.1, 0.15) is 0 Å². The quantitative estimate of drug-likeness (QED) is 0.644. The van der Waals surface area contributed by atoms with Crippen LogP contribution in [0.15, 0.2) is 54.6 Å². The molecule has 0 aliphatic rings. The molecule has 0 spiro atoms. The summed E-state index contributed by atoms with van der Waals surface area (Å²) < 4.78 is 0. The van der Waals surface area contributed by atoms with Crippen LogP contribution >= 0.6 is 11.6 Å². The Morgan fingerprint density at radius 3 is 2.59 bits per heavy atom. The summed E-state index contributed by atoms with van der Waals surface area (Å²) in [6, 6.07) is 17.6. The summed E-state index contributed by atoms with van der Waals surface area (Å²) in [6.45, 7) is 0. The molecule has 0 fully saturated rings. The van der Waals surface area contributed by atoms with Crippen molar-refractivity contribution in [1.82, 2.24) is 10.2 Å². The van der Waals surface area contributed by atoms with Gasteiger partial charge in [-0.15, -0.1) is 10.2 Å². The SMILES string of the molecule is Clc1cccc(-c2cc3ccccc3nn2)c1. The highest BCUT2D eigenvalue weighted by atomic mass is 35.5. The smallest absolute Gasteiger partial charge is 0.0936 e. The Balaban J connectivity index is 2.18. The van der Waals surface area contributed by atoms with E-state index in [1.807, 2.05) is 54.6 Å². The number of hydrogen-bond donors (Lipinski definition) is 0. The van der Waals surface area contributed by atoms with Crippen LogP contribution < -0.4 is 0 Å². The van der Waals surface area contributed by atoms with Crippen molar-refractivity contribution >= 4 is 22.5 Å². The van der Waals surface area contributed by atoms with Crippen LogP contribution in [0.5, 0.6) is 0 Å². The maximum absolute atomic E-state index is 5.96. The third kappa shape index (κ3) is 1.99. The summed E-state index contributed by atoms with van der Waals surface area (Å²) in [4.78, 5) is 0. The van der Waals surface area contributed by atoms with E-state index in [9.17, 15) is 0 Å². The first-order valence-corrected chi connectivity index (χ1v) is 5.69. The number of aromatic nitrogens is 2. The van der Waals surface area contributed by atoms with Gasteiger partial charge in [-0.3, -0.25) is 0 Å². The molecule has 3 heteroatoms. The minimum absolute atomic E-state index is 0.706. The van der Waals surface area contributed by atoms with Crippen LogP contribution in [0.3, 0.4) is 0 Å². The highest BCUT2D eigenvalue weighted by Crippen LogP contribution is 2.22. The highest BCUT2D eigenvalue weighted by Gasteiger charge is 2.02. The molecule has 0 amide bonds. The summed E-state index contributed by atoms with van der Waals surface area (Å²) in [6.07, 6.45) is 0. The molecule has 3 aromatic rings. The van der Waals surface area contributed by atoms with Gasteiger partial charge in [0.15, 0.2) is 0 Å². The van der Waals surface area contributed by atoms with Crippen molar-refractivity contribution in [2.24, 2.45) is 0 Å². The fourth-order valence-corrected chi connectivity index (χ4v) is 1.96. The minimum Gasteiger partial charge on any atom is -0.150 e. The summed E-state index contributed by atoms with van der Waals surface area (Å²) in [5, 5.41) is 10.2. The van der Waals surface area contributed by atoms with E-state index in [-0.39, 0.29) is 0 Å². The summed E-state index contributed by atoms with van der Waals surface area (Å²) in [5.74, 6) is 0. The molecule has 3 rings (SSSR count). The molecule has 0 atom stereocenters. The van der Waals surface area contributed by atoms with Gasteiger partial charge in [-0.2, -0.15) is 0 Å². The van der Waals surface area contributed by atoms with Gasteiger partial charge in [0, 0.05) is 16.0 Å². The first-order valence-electron chi connectivity index (χ1n) is 5.31. The van der Waals surface area contributed by atoms with Crippen molar-refractivity contribution in [3.05, 3.63) is 59.6 Å². The molecule has 0 unspecified atom stereocenters. The van der Waals surface area contributed by atoms with Crippen molar-refractivity contribution in [3.63, 3.8) is 0 Å². The first-order chi connectivity index (χ1) is 8.33. The molecule has 1 heterocycles. The molecule has 2 aromatic carbocycles. The summed E-state index contributed by atoms with van der Waals surface area (Å²) in [5.41, 5.74) is 2.72. The van der Waals surface area contributed by atoms with Crippen LogP contribution in [-0.4, -0.2) is 10.2 Å². The number of hydrogen-bond acceptors (Lipinski definition) is 2. The third-order valence-electron chi connectivity index (χ3n) is 2.61. The molecule has 0 aliphatic heterocycles. The van der Waals surface area contributed by atoms with Crippen molar-refractivity contribution < 1.29 is 0 Å². The standard InChI is InChI=1S/C14H9ClN2/c15-12-6-3-5-10(8-12)14-9-11-4-1-2-7-13(11)16-17-14/h1-9H. The van der Waals surface area contributed by atoms with E-state index in [0.717, 1.165) is 22.2 Å². The predicted molar refractivity (Wildman–Crippen MR) is 70.0 cm³/mol. The number of rotatable bonds is 1. The Hall–Kier alpha value is -1.93. The van der Waals surface area contributed by atoms with Gasteiger partial charge in [0.05, 0.1) is 11.2 Å². The zero-order valence-electron chi connectivity index (χ0n) is 8.97. The zero-order chi connectivity index (χ0) is 11.7. The van der Waals surface area contributed by atoms with Gasteiger partial charge in [-0.25, -0.2) is 0 Å². The lowest BCUT2D eigenvalue weighted by molar-refractivity contribution is 1.08. The fourth-order valence-electron chi connectivity index (χ4n) is 1.77. The van der Waals surface area contributed by atoms with Gasteiger partial charge in [-0.05, 0) is 24.3 Å². The van der Waals surface area contributed by atoms with E-state index in [2.05, 4.69) is 10.2 Å². The Kier molecular flexibility index (Phi) is 2.50. The molecular weight excluding hydrogens is 232 g/mol. The molecule has 0 aliphatic carbocycles. The van der Waals surface area contributed by atoms with E-state index in [1.165, 1.54) is 0 Å². The van der Waals surface area contributed by atoms with Crippen LogP contribution in [-0.2, 0) is 0 Å². The van der Waals surface area contributed by atoms with E-state index >= 15 is 0 Å². The number of fused-ring (bicyclic) bond motifs is 1. The van der Waals surface area contributed by atoms with Gasteiger partial charge in [-0.1, -0.05) is 41.9 Å². The van der Waals surface area contributed by atoms with Gasteiger partial charge in [0.25, 0.3) is 0 Å². The molecule has 2 nitrogen and oxygen atoms in total. The van der Waals surface area contributed by atoms with Crippen molar-refractivity contribution in [2.75, 3.05) is 0 Å². The Bertz CT molecular complexity index is 680. The van der Waals surface area contributed by atoms with Gasteiger partial charge >= 0.3 is 0 Å². The minimum atomic E-state index is 0.706. The number of halogens is 1. The van der Waals surface area contributed by atoms with Gasteiger partial charge in [0.2, 0.25) is 0 Å². The monoisotopic (exact) mass is 240 g/mol. The summed E-state index contributed by atoms with van der Waals surface area (Å²) >= 11 is 5.96. The van der Waals surface area contributed by atoms with E-state index in [1.54, 1.807) is 0 Å². The lowest BCUT2D eigenvalue weighted by Gasteiger charge is -2.02. The second-order valence-corrected chi connectivity index (χ2v) is 4.24. The molecule has 0 saturated heterocycles. The van der Waals surface area contributed by atoms with E-state index in [0.29, 0.717) is 5.02 Å². The molecule has 82 valence electrons. The Labute approximate surface area is 104 Å².